The minimum atomic E-state index is -0.501. The number of carbonyl (C=O) groups is 1. The average molecular weight is 334 g/mol. The van der Waals surface area contributed by atoms with Gasteiger partial charge >= 0.3 is 0 Å². The average Bonchev–Trinajstić information content (AvgIpc) is 2.42. The molecule has 0 aliphatic heterocycles. The number of ether oxygens (including phenoxy) is 2. The van der Waals surface area contributed by atoms with Crippen molar-refractivity contribution in [2.75, 3.05) is 20.8 Å². The first-order valence-corrected chi connectivity index (χ1v) is 6.70. The normalized spacial score (nSPS) is 12.5. The van der Waals surface area contributed by atoms with Gasteiger partial charge in [0.15, 0.2) is 6.29 Å². The first kappa shape index (κ1) is 16.1. The molecule has 1 unspecified atom stereocenters. The standard InChI is InChI=1S/C13H17BrFNO3/c1-18-12(19-2)8-16-13(17)10(14)7-9-5-3-4-6-11(9)15/h3-6,10,12H,7-8H2,1-2H3,(H,16,17). The molecule has 1 rings (SSSR count). The van der Waals surface area contributed by atoms with Crippen molar-refractivity contribution in [1.29, 1.82) is 0 Å². The summed E-state index contributed by atoms with van der Waals surface area (Å²) >= 11 is 3.25. The van der Waals surface area contributed by atoms with E-state index in [4.69, 9.17) is 9.47 Å². The summed E-state index contributed by atoms with van der Waals surface area (Å²) in [6, 6.07) is 6.38. The van der Waals surface area contributed by atoms with Crippen LogP contribution in [0.15, 0.2) is 24.3 Å². The Labute approximate surface area is 120 Å². The van der Waals surface area contributed by atoms with Gasteiger partial charge in [0.25, 0.3) is 0 Å². The third kappa shape index (κ3) is 5.26. The summed E-state index contributed by atoms with van der Waals surface area (Å²) in [5, 5.41) is 2.67. The highest BCUT2D eigenvalue weighted by molar-refractivity contribution is 9.10. The van der Waals surface area contributed by atoms with Crippen LogP contribution in [0.5, 0.6) is 0 Å². The Hall–Kier alpha value is -0.980. The maximum Gasteiger partial charge on any atom is 0.234 e. The summed E-state index contributed by atoms with van der Waals surface area (Å²) in [5.74, 6) is -0.547. The Morgan fingerprint density at radius 2 is 2.00 bits per heavy atom. The Balaban J connectivity index is 2.47. The number of amides is 1. The Bertz CT molecular complexity index is 413. The molecule has 1 N–H and O–H groups in total. The topological polar surface area (TPSA) is 47.6 Å². The lowest BCUT2D eigenvalue weighted by Crippen LogP contribution is -2.38. The van der Waals surface area contributed by atoms with Gasteiger partial charge in [-0.2, -0.15) is 0 Å². The van der Waals surface area contributed by atoms with Gasteiger partial charge in [0.2, 0.25) is 5.91 Å². The highest BCUT2D eigenvalue weighted by atomic mass is 79.9. The van der Waals surface area contributed by atoms with Crippen molar-refractivity contribution in [3.05, 3.63) is 35.6 Å². The number of alkyl halides is 1. The number of benzene rings is 1. The summed E-state index contributed by atoms with van der Waals surface area (Å²) in [7, 11) is 2.98. The molecule has 0 heterocycles. The molecule has 6 heteroatoms. The number of carbonyl (C=O) groups excluding carboxylic acids is 1. The van der Waals surface area contributed by atoms with Gasteiger partial charge in [-0.25, -0.2) is 4.39 Å². The molecule has 0 saturated heterocycles. The largest absolute Gasteiger partial charge is 0.354 e. The Kier molecular flexibility index (Phi) is 6.97. The van der Waals surface area contributed by atoms with Crippen molar-refractivity contribution in [2.45, 2.75) is 17.5 Å². The summed E-state index contributed by atoms with van der Waals surface area (Å²) in [5.41, 5.74) is 0.495. The van der Waals surface area contributed by atoms with Gasteiger partial charge in [-0.3, -0.25) is 4.79 Å². The van der Waals surface area contributed by atoms with Gasteiger partial charge < -0.3 is 14.8 Å². The monoisotopic (exact) mass is 333 g/mol. The van der Waals surface area contributed by atoms with E-state index in [2.05, 4.69) is 21.2 Å². The van der Waals surface area contributed by atoms with Crippen LogP contribution in [0.4, 0.5) is 4.39 Å². The molecule has 0 aliphatic carbocycles. The second-order valence-electron chi connectivity index (χ2n) is 3.91. The van der Waals surface area contributed by atoms with Crippen LogP contribution in [0.3, 0.4) is 0 Å². The van der Waals surface area contributed by atoms with E-state index in [0.29, 0.717) is 5.56 Å². The summed E-state index contributed by atoms with van der Waals surface area (Å²) in [6.07, 6.45) is -0.208. The maximum absolute atomic E-state index is 13.4. The van der Waals surface area contributed by atoms with Crippen LogP contribution in [-0.2, 0) is 20.7 Å². The fourth-order valence-corrected chi connectivity index (χ4v) is 2.02. The van der Waals surface area contributed by atoms with Crippen LogP contribution in [0.1, 0.15) is 5.56 Å². The van der Waals surface area contributed by atoms with Crippen LogP contribution < -0.4 is 5.32 Å². The number of hydrogen-bond donors (Lipinski definition) is 1. The molecule has 1 amide bonds. The van der Waals surface area contributed by atoms with Gasteiger partial charge in [-0.1, -0.05) is 34.1 Å². The maximum atomic E-state index is 13.4. The zero-order valence-corrected chi connectivity index (χ0v) is 12.4. The quantitative estimate of drug-likeness (QED) is 0.612. The van der Waals surface area contributed by atoms with E-state index in [-0.39, 0.29) is 24.7 Å². The molecule has 0 fully saturated rings. The molecule has 106 valence electrons. The third-order valence-corrected chi connectivity index (χ3v) is 3.35. The number of nitrogens with one attached hydrogen (secondary N) is 1. The molecule has 0 aliphatic rings. The zero-order valence-electron chi connectivity index (χ0n) is 10.9. The van der Waals surface area contributed by atoms with Crippen molar-refractivity contribution < 1.29 is 18.7 Å². The Morgan fingerprint density at radius 1 is 1.37 bits per heavy atom. The predicted molar refractivity (Wildman–Crippen MR) is 73.6 cm³/mol. The third-order valence-electron chi connectivity index (χ3n) is 2.61. The van der Waals surface area contributed by atoms with Crippen molar-refractivity contribution in [3.63, 3.8) is 0 Å². The molecule has 0 saturated carbocycles. The van der Waals surface area contributed by atoms with Crippen LogP contribution in [0, 0.1) is 5.82 Å². The first-order valence-electron chi connectivity index (χ1n) is 5.79. The van der Waals surface area contributed by atoms with Crippen molar-refractivity contribution in [3.8, 4) is 0 Å². The van der Waals surface area contributed by atoms with Crippen molar-refractivity contribution in [2.24, 2.45) is 0 Å². The fraction of sp³-hybridized carbons (Fsp3) is 0.462. The fourth-order valence-electron chi connectivity index (χ4n) is 1.51. The highest BCUT2D eigenvalue weighted by Gasteiger charge is 2.18. The van der Waals surface area contributed by atoms with Gasteiger partial charge in [0.1, 0.15) is 5.82 Å². The second-order valence-corrected chi connectivity index (χ2v) is 5.01. The predicted octanol–water partition coefficient (Wildman–Crippen LogP) is 1.87. The van der Waals surface area contributed by atoms with E-state index >= 15 is 0 Å². The second kappa shape index (κ2) is 8.24. The molecule has 0 radical (unpaired) electrons. The van der Waals surface area contributed by atoms with Gasteiger partial charge in [-0.15, -0.1) is 0 Å². The lowest BCUT2D eigenvalue weighted by Gasteiger charge is -2.16. The van der Waals surface area contributed by atoms with E-state index in [1.807, 2.05) is 0 Å². The molecule has 4 nitrogen and oxygen atoms in total. The number of methoxy groups -OCH3 is 2. The molecule has 1 atom stereocenters. The van der Waals surface area contributed by atoms with Gasteiger partial charge in [0, 0.05) is 14.2 Å². The SMILES string of the molecule is COC(CNC(=O)C(Br)Cc1ccccc1F)OC. The van der Waals surface area contributed by atoms with E-state index in [1.54, 1.807) is 18.2 Å². The lowest BCUT2D eigenvalue weighted by molar-refractivity contribution is -0.126. The smallest absolute Gasteiger partial charge is 0.234 e. The molecular formula is C13H17BrFNO3. The van der Waals surface area contributed by atoms with Crippen molar-refractivity contribution >= 4 is 21.8 Å². The molecule has 1 aromatic carbocycles. The summed E-state index contributed by atoms with van der Waals surface area (Å²) in [4.78, 5) is 11.3. The van der Waals surface area contributed by atoms with Crippen LogP contribution in [0.2, 0.25) is 0 Å². The van der Waals surface area contributed by atoms with E-state index < -0.39 is 11.1 Å². The van der Waals surface area contributed by atoms with Crippen LogP contribution in [0.25, 0.3) is 0 Å². The first-order chi connectivity index (χ1) is 9.08. The summed E-state index contributed by atoms with van der Waals surface area (Å²) < 4.78 is 23.4. The van der Waals surface area contributed by atoms with Crippen LogP contribution in [-0.4, -0.2) is 37.8 Å². The van der Waals surface area contributed by atoms with Gasteiger partial charge in [0.05, 0.1) is 11.4 Å². The van der Waals surface area contributed by atoms with E-state index in [9.17, 15) is 9.18 Å². The molecule has 0 bridgehead atoms. The van der Waals surface area contributed by atoms with Crippen LogP contribution >= 0.6 is 15.9 Å². The number of rotatable bonds is 7. The van der Waals surface area contributed by atoms with Crippen molar-refractivity contribution in [1.82, 2.24) is 5.32 Å². The van der Waals surface area contributed by atoms with E-state index in [1.165, 1.54) is 20.3 Å². The molecule has 1 aromatic rings. The van der Waals surface area contributed by atoms with E-state index in [0.717, 1.165) is 0 Å². The summed E-state index contributed by atoms with van der Waals surface area (Å²) in [6.45, 7) is 0.241. The minimum Gasteiger partial charge on any atom is -0.354 e. The molecular weight excluding hydrogens is 317 g/mol. The zero-order chi connectivity index (χ0) is 14.3. The molecule has 0 aromatic heterocycles. The molecule has 0 spiro atoms. The minimum absolute atomic E-state index is 0.234. The Morgan fingerprint density at radius 3 is 2.58 bits per heavy atom. The van der Waals surface area contributed by atoms with Gasteiger partial charge in [-0.05, 0) is 18.1 Å². The molecule has 19 heavy (non-hydrogen) atoms. The number of hydrogen-bond acceptors (Lipinski definition) is 3. The highest BCUT2D eigenvalue weighted by Crippen LogP contribution is 2.13. The lowest BCUT2D eigenvalue weighted by atomic mass is 10.1. The number of halogens is 2.